The molecular weight excluding hydrogens is 488 g/mol. The van der Waals surface area contributed by atoms with Gasteiger partial charge in [-0.05, 0) is 50.2 Å². The maximum absolute atomic E-state index is 14.1. The van der Waals surface area contributed by atoms with Crippen LogP contribution in [0.5, 0.6) is 0 Å². The lowest BCUT2D eigenvalue weighted by Crippen LogP contribution is -2.64. The number of aliphatic carboxylic acids is 1. The van der Waals surface area contributed by atoms with Gasteiger partial charge in [-0.25, -0.2) is 0 Å². The Balaban J connectivity index is 1.86. The molecule has 2 fully saturated rings. The highest BCUT2D eigenvalue weighted by Gasteiger charge is 2.73. The first-order chi connectivity index (χ1) is 17.4. The first-order valence-electron chi connectivity index (χ1n) is 13.5. The van der Waals surface area contributed by atoms with E-state index in [1.807, 2.05) is 20.8 Å². The Kier molecular flexibility index (Phi) is 6.60. The van der Waals surface area contributed by atoms with Gasteiger partial charge in [-0.15, -0.1) is 0 Å². The summed E-state index contributed by atoms with van der Waals surface area (Å²) in [7, 11) is 0. The summed E-state index contributed by atoms with van der Waals surface area (Å²) in [6, 6.07) is 0. The van der Waals surface area contributed by atoms with Crippen molar-refractivity contribution in [1.82, 2.24) is 0 Å². The fourth-order valence-corrected chi connectivity index (χ4v) is 8.53. The Morgan fingerprint density at radius 2 is 1.66 bits per heavy atom. The molecule has 0 saturated heterocycles. The second-order valence-corrected chi connectivity index (χ2v) is 13.3. The van der Waals surface area contributed by atoms with Crippen LogP contribution in [-0.4, -0.2) is 56.6 Å². The standard InChI is InChI=1S/C30H40O8/c1-14(10-16(31)11-15(2)26(37)38)17-12-21(34)30(7)22-18(32)13-19-27(3,4)20(33)8-9-28(19,5)23(22)24(35)25(36)29(17,30)6/h10,15,17-19,25,32,36H,8-9,11-13H2,1-7H3,(H,37,38)/b14-10+/t15-,17?,18-,19?,25+,28-,29-,30-/m1/s1. The van der Waals surface area contributed by atoms with Crippen LogP contribution < -0.4 is 0 Å². The highest BCUT2D eigenvalue weighted by atomic mass is 16.4. The third-order valence-corrected chi connectivity index (χ3v) is 11.1. The minimum absolute atomic E-state index is 0.0188. The minimum Gasteiger partial charge on any atom is -0.481 e. The monoisotopic (exact) mass is 528 g/mol. The van der Waals surface area contributed by atoms with Gasteiger partial charge < -0.3 is 15.3 Å². The fraction of sp³-hybridized carbons (Fsp3) is 0.700. The van der Waals surface area contributed by atoms with Gasteiger partial charge in [-0.2, -0.15) is 0 Å². The molecular formula is C30H40O8. The van der Waals surface area contributed by atoms with Crippen molar-refractivity contribution in [3.05, 3.63) is 22.8 Å². The molecule has 0 aliphatic heterocycles. The fourth-order valence-electron chi connectivity index (χ4n) is 8.53. The summed E-state index contributed by atoms with van der Waals surface area (Å²) >= 11 is 0. The quantitative estimate of drug-likeness (QED) is 0.461. The van der Waals surface area contributed by atoms with Crippen LogP contribution in [0.15, 0.2) is 22.8 Å². The largest absolute Gasteiger partial charge is 0.481 e. The predicted octanol–water partition coefficient (Wildman–Crippen LogP) is 3.23. The van der Waals surface area contributed by atoms with Gasteiger partial charge in [0.25, 0.3) is 0 Å². The number of carbonyl (C=O) groups is 5. The molecule has 8 nitrogen and oxygen atoms in total. The van der Waals surface area contributed by atoms with Crippen molar-refractivity contribution < 1.29 is 39.3 Å². The van der Waals surface area contributed by atoms with Crippen molar-refractivity contribution in [3.8, 4) is 0 Å². The maximum atomic E-state index is 14.1. The van der Waals surface area contributed by atoms with E-state index in [-0.39, 0.29) is 43.2 Å². The first kappa shape index (κ1) is 28.6. The van der Waals surface area contributed by atoms with Gasteiger partial charge in [0.1, 0.15) is 17.7 Å². The van der Waals surface area contributed by atoms with Crippen LogP contribution in [0, 0.1) is 39.4 Å². The number of fused-ring (bicyclic) bond motifs is 4. The third kappa shape index (κ3) is 3.52. The number of carboxylic acids is 1. The molecule has 0 spiro atoms. The summed E-state index contributed by atoms with van der Waals surface area (Å²) in [6.45, 7) is 12.1. The van der Waals surface area contributed by atoms with Crippen molar-refractivity contribution in [1.29, 1.82) is 0 Å². The Morgan fingerprint density at radius 1 is 1.05 bits per heavy atom. The van der Waals surface area contributed by atoms with Crippen LogP contribution in [0.25, 0.3) is 0 Å². The molecule has 4 aliphatic carbocycles. The van der Waals surface area contributed by atoms with Gasteiger partial charge in [0.05, 0.1) is 17.4 Å². The van der Waals surface area contributed by atoms with E-state index in [1.165, 1.54) is 13.0 Å². The lowest BCUT2D eigenvalue weighted by molar-refractivity contribution is -0.156. The van der Waals surface area contributed by atoms with Crippen molar-refractivity contribution in [3.63, 3.8) is 0 Å². The molecule has 2 saturated carbocycles. The summed E-state index contributed by atoms with van der Waals surface area (Å²) < 4.78 is 0. The Hall–Kier alpha value is -2.45. The van der Waals surface area contributed by atoms with Gasteiger partial charge >= 0.3 is 5.97 Å². The second kappa shape index (κ2) is 8.78. The zero-order chi connectivity index (χ0) is 28.7. The van der Waals surface area contributed by atoms with Gasteiger partial charge in [0, 0.05) is 41.1 Å². The number of aliphatic hydroxyl groups excluding tert-OH is 2. The minimum atomic E-state index is -1.55. The number of hydrogen-bond donors (Lipinski definition) is 3. The number of carboxylic acid groups (broad SMARTS) is 1. The molecule has 4 rings (SSSR count). The van der Waals surface area contributed by atoms with Crippen LogP contribution in [0.4, 0.5) is 0 Å². The van der Waals surface area contributed by atoms with Gasteiger partial charge in [0.15, 0.2) is 11.6 Å². The molecule has 8 heteroatoms. The molecule has 0 aromatic rings. The smallest absolute Gasteiger partial charge is 0.306 e. The van der Waals surface area contributed by atoms with E-state index in [0.717, 1.165) is 0 Å². The van der Waals surface area contributed by atoms with Crippen LogP contribution in [-0.2, 0) is 24.0 Å². The zero-order valence-electron chi connectivity index (χ0n) is 23.4. The summed E-state index contributed by atoms with van der Waals surface area (Å²) in [5, 5.41) is 32.4. The van der Waals surface area contributed by atoms with E-state index in [9.17, 15) is 34.2 Å². The zero-order valence-corrected chi connectivity index (χ0v) is 23.4. The maximum Gasteiger partial charge on any atom is 0.306 e. The van der Waals surface area contributed by atoms with E-state index in [1.54, 1.807) is 20.8 Å². The number of Topliss-reactive ketones (excluding diaryl/α,β-unsaturated/α-hetero) is 3. The second-order valence-electron chi connectivity index (χ2n) is 13.3. The SMILES string of the molecule is C/C(=C\C(=O)C[C@@H](C)C(=O)O)C1CC(=O)[C@]2(C)C3=C(C(=O)[C@H](O)[C@@]12C)[C@]1(C)CCC(=O)C(C)(C)C1C[C@H]3O. The molecule has 0 heterocycles. The summed E-state index contributed by atoms with van der Waals surface area (Å²) in [4.78, 5) is 64.6. The average Bonchev–Trinajstić information content (AvgIpc) is 3.03. The molecule has 0 aromatic carbocycles. The van der Waals surface area contributed by atoms with Gasteiger partial charge in [-0.1, -0.05) is 40.2 Å². The molecule has 3 N–H and O–H groups in total. The summed E-state index contributed by atoms with van der Waals surface area (Å²) in [5.74, 6) is -3.99. The summed E-state index contributed by atoms with van der Waals surface area (Å²) in [5.41, 5.74) is -3.05. The Morgan fingerprint density at radius 3 is 2.24 bits per heavy atom. The van der Waals surface area contributed by atoms with E-state index in [2.05, 4.69) is 0 Å². The van der Waals surface area contributed by atoms with Crippen LogP contribution in [0.1, 0.15) is 80.6 Å². The van der Waals surface area contributed by atoms with Crippen LogP contribution >= 0.6 is 0 Å². The van der Waals surface area contributed by atoms with E-state index < -0.39 is 63.2 Å². The molecule has 0 aromatic heterocycles. The predicted molar refractivity (Wildman–Crippen MR) is 138 cm³/mol. The number of carbonyl (C=O) groups excluding carboxylic acids is 4. The van der Waals surface area contributed by atoms with Crippen LogP contribution in [0.2, 0.25) is 0 Å². The lowest BCUT2D eigenvalue weighted by Gasteiger charge is -2.61. The molecule has 8 atom stereocenters. The molecule has 0 amide bonds. The third-order valence-electron chi connectivity index (χ3n) is 11.1. The normalized spacial score (nSPS) is 41.4. The summed E-state index contributed by atoms with van der Waals surface area (Å²) in [6.07, 6.45) is -0.647. The van der Waals surface area contributed by atoms with Crippen molar-refractivity contribution in [2.75, 3.05) is 0 Å². The van der Waals surface area contributed by atoms with E-state index >= 15 is 0 Å². The molecule has 0 radical (unpaired) electrons. The van der Waals surface area contributed by atoms with Crippen molar-refractivity contribution in [2.24, 2.45) is 39.4 Å². The topological polar surface area (TPSA) is 146 Å². The van der Waals surface area contributed by atoms with Crippen molar-refractivity contribution >= 4 is 29.1 Å². The Bertz CT molecular complexity index is 1210. The Labute approximate surface area is 223 Å². The van der Waals surface area contributed by atoms with Gasteiger partial charge in [0.2, 0.25) is 0 Å². The number of aliphatic hydroxyl groups is 2. The lowest BCUT2D eigenvalue weighted by atomic mass is 9.42. The number of rotatable bonds is 5. The molecule has 208 valence electrons. The van der Waals surface area contributed by atoms with Crippen molar-refractivity contribution in [2.45, 2.75) is 92.8 Å². The number of allylic oxidation sites excluding steroid dienone is 2. The van der Waals surface area contributed by atoms with Crippen LogP contribution in [0.3, 0.4) is 0 Å². The number of ketones is 4. The molecule has 38 heavy (non-hydrogen) atoms. The van der Waals surface area contributed by atoms with E-state index in [0.29, 0.717) is 23.1 Å². The first-order valence-corrected chi connectivity index (χ1v) is 13.5. The highest BCUT2D eigenvalue weighted by Crippen LogP contribution is 2.70. The average molecular weight is 529 g/mol. The van der Waals surface area contributed by atoms with E-state index in [4.69, 9.17) is 5.11 Å². The van der Waals surface area contributed by atoms with Gasteiger partial charge in [-0.3, -0.25) is 24.0 Å². The highest BCUT2D eigenvalue weighted by molar-refractivity contribution is 6.08. The molecule has 4 aliphatic rings. The molecule has 0 bridgehead atoms. The molecule has 2 unspecified atom stereocenters. The number of hydrogen-bond acceptors (Lipinski definition) is 7.